The molecule has 0 spiro atoms. The van der Waals surface area contributed by atoms with Crippen molar-refractivity contribution in [1.29, 1.82) is 0 Å². The smallest absolute Gasteiger partial charge is 0.167 e. The minimum absolute atomic E-state index is 0.137. The summed E-state index contributed by atoms with van der Waals surface area (Å²) in [5.41, 5.74) is 1.15. The van der Waals surface area contributed by atoms with E-state index in [1.165, 1.54) is 30.3 Å². The molecule has 18 heavy (non-hydrogen) atoms. The van der Waals surface area contributed by atoms with Gasteiger partial charge in [-0.05, 0) is 51.8 Å². The maximum Gasteiger partial charge on any atom is 0.167 e. The molecule has 0 aliphatic carbocycles. The van der Waals surface area contributed by atoms with Crippen LogP contribution >= 0.6 is 15.9 Å². The van der Waals surface area contributed by atoms with Crippen LogP contribution in [0, 0.1) is 11.6 Å². The maximum atomic E-state index is 13.0. The van der Waals surface area contributed by atoms with Gasteiger partial charge in [0.25, 0.3) is 0 Å². The Morgan fingerprint density at radius 1 is 1.06 bits per heavy atom. The van der Waals surface area contributed by atoms with Gasteiger partial charge in [0.1, 0.15) is 11.6 Å². The van der Waals surface area contributed by atoms with Crippen LogP contribution in [0.2, 0.25) is 0 Å². The first-order chi connectivity index (χ1) is 8.56. The number of carbonyl (C=O) groups is 1. The van der Waals surface area contributed by atoms with Crippen molar-refractivity contribution in [2.24, 2.45) is 0 Å². The van der Waals surface area contributed by atoms with Gasteiger partial charge in [-0.25, -0.2) is 8.78 Å². The Morgan fingerprint density at radius 2 is 1.72 bits per heavy atom. The molecule has 0 radical (unpaired) electrons. The molecule has 0 atom stereocenters. The van der Waals surface area contributed by atoms with Crippen molar-refractivity contribution in [2.75, 3.05) is 0 Å². The van der Waals surface area contributed by atoms with Crippen molar-refractivity contribution in [3.05, 3.63) is 69.7 Å². The largest absolute Gasteiger partial charge is 0.294 e. The average molecular weight is 311 g/mol. The van der Waals surface area contributed by atoms with Crippen LogP contribution in [-0.4, -0.2) is 5.78 Å². The van der Waals surface area contributed by atoms with Gasteiger partial charge in [0.2, 0.25) is 0 Å². The van der Waals surface area contributed by atoms with Crippen molar-refractivity contribution < 1.29 is 13.6 Å². The Balaban J connectivity index is 2.16. The number of ketones is 1. The third kappa shape index (κ3) is 3.01. The summed E-state index contributed by atoms with van der Waals surface area (Å²) in [7, 11) is 0. The van der Waals surface area contributed by atoms with Gasteiger partial charge in [-0.1, -0.05) is 12.1 Å². The zero-order valence-corrected chi connectivity index (χ0v) is 10.9. The van der Waals surface area contributed by atoms with Crippen LogP contribution in [-0.2, 0) is 6.42 Å². The standard InChI is InChI=1S/C14H9BrF2O/c15-12-8-10(3-6-13(12)17)14(18)7-9-1-4-11(16)5-2-9/h1-6,8H,7H2. The number of hydrogen-bond acceptors (Lipinski definition) is 1. The molecule has 0 saturated heterocycles. The molecular formula is C14H9BrF2O. The second-order valence-corrected chi connectivity index (χ2v) is 4.71. The number of benzene rings is 2. The summed E-state index contributed by atoms with van der Waals surface area (Å²) in [5, 5.41) is 0. The number of hydrogen-bond donors (Lipinski definition) is 0. The molecule has 2 rings (SSSR count). The molecule has 0 aliphatic rings. The number of carbonyl (C=O) groups excluding carboxylic acids is 1. The molecule has 92 valence electrons. The fraction of sp³-hybridized carbons (Fsp3) is 0.0714. The van der Waals surface area contributed by atoms with Gasteiger partial charge in [-0.2, -0.15) is 0 Å². The SMILES string of the molecule is O=C(Cc1ccc(F)cc1)c1ccc(F)c(Br)c1. The maximum absolute atomic E-state index is 13.0. The first-order valence-corrected chi connectivity index (χ1v) is 6.08. The number of rotatable bonds is 3. The van der Waals surface area contributed by atoms with E-state index in [4.69, 9.17) is 0 Å². The monoisotopic (exact) mass is 310 g/mol. The molecule has 0 N–H and O–H groups in total. The van der Waals surface area contributed by atoms with E-state index >= 15 is 0 Å². The number of halogens is 3. The van der Waals surface area contributed by atoms with E-state index in [1.807, 2.05) is 0 Å². The van der Waals surface area contributed by atoms with E-state index in [-0.39, 0.29) is 22.5 Å². The van der Waals surface area contributed by atoms with E-state index in [9.17, 15) is 13.6 Å². The Bertz CT molecular complexity index is 579. The molecule has 0 aliphatic heterocycles. The highest BCUT2D eigenvalue weighted by Gasteiger charge is 2.09. The van der Waals surface area contributed by atoms with Gasteiger partial charge in [0.15, 0.2) is 5.78 Å². The normalized spacial score (nSPS) is 10.4. The minimum atomic E-state index is -0.409. The highest BCUT2D eigenvalue weighted by Crippen LogP contribution is 2.18. The third-order valence-electron chi connectivity index (χ3n) is 2.52. The molecular weight excluding hydrogens is 302 g/mol. The quantitative estimate of drug-likeness (QED) is 0.778. The second-order valence-electron chi connectivity index (χ2n) is 3.86. The van der Waals surface area contributed by atoms with Crippen LogP contribution in [0.15, 0.2) is 46.9 Å². The van der Waals surface area contributed by atoms with Crippen molar-refractivity contribution in [1.82, 2.24) is 0 Å². The highest BCUT2D eigenvalue weighted by atomic mass is 79.9. The molecule has 0 aromatic heterocycles. The molecule has 0 heterocycles. The van der Waals surface area contributed by atoms with Gasteiger partial charge in [-0.15, -0.1) is 0 Å². The molecule has 2 aromatic rings. The molecule has 1 nitrogen and oxygen atoms in total. The number of Topliss-reactive ketones (excluding diaryl/α,β-unsaturated/α-hetero) is 1. The van der Waals surface area contributed by atoms with Crippen molar-refractivity contribution in [3.8, 4) is 0 Å². The van der Waals surface area contributed by atoms with E-state index in [2.05, 4.69) is 15.9 Å². The predicted octanol–water partition coefficient (Wildman–Crippen LogP) is 4.15. The summed E-state index contributed by atoms with van der Waals surface area (Å²) in [4.78, 5) is 11.9. The lowest BCUT2D eigenvalue weighted by Crippen LogP contribution is -2.03. The molecule has 0 unspecified atom stereocenters. The van der Waals surface area contributed by atoms with Gasteiger partial charge >= 0.3 is 0 Å². The van der Waals surface area contributed by atoms with Crippen LogP contribution in [0.1, 0.15) is 15.9 Å². The minimum Gasteiger partial charge on any atom is -0.294 e. The van der Waals surface area contributed by atoms with Crippen molar-refractivity contribution in [2.45, 2.75) is 6.42 Å². The molecule has 0 saturated carbocycles. The fourth-order valence-electron chi connectivity index (χ4n) is 1.56. The molecule has 2 aromatic carbocycles. The van der Waals surface area contributed by atoms with Crippen molar-refractivity contribution in [3.63, 3.8) is 0 Å². The van der Waals surface area contributed by atoms with Gasteiger partial charge in [-0.3, -0.25) is 4.79 Å². The Morgan fingerprint density at radius 3 is 2.33 bits per heavy atom. The Hall–Kier alpha value is -1.55. The lowest BCUT2D eigenvalue weighted by Gasteiger charge is -2.03. The first kappa shape index (κ1) is 12.9. The molecule has 0 fully saturated rings. The lowest BCUT2D eigenvalue weighted by molar-refractivity contribution is 0.0993. The van der Waals surface area contributed by atoms with Crippen molar-refractivity contribution >= 4 is 21.7 Å². The van der Waals surface area contributed by atoms with Crippen LogP contribution < -0.4 is 0 Å². The predicted molar refractivity (Wildman–Crippen MR) is 68.5 cm³/mol. The van der Waals surface area contributed by atoms with Crippen LogP contribution in [0.25, 0.3) is 0 Å². The van der Waals surface area contributed by atoms with E-state index in [0.29, 0.717) is 5.56 Å². The molecule has 4 heteroatoms. The summed E-state index contributed by atoms with van der Waals surface area (Å²) in [6.45, 7) is 0. The average Bonchev–Trinajstić information content (AvgIpc) is 2.35. The molecule has 0 amide bonds. The zero-order valence-electron chi connectivity index (χ0n) is 9.29. The van der Waals surface area contributed by atoms with E-state index in [1.54, 1.807) is 12.1 Å². The van der Waals surface area contributed by atoms with Gasteiger partial charge in [0, 0.05) is 12.0 Å². The van der Waals surface area contributed by atoms with Gasteiger partial charge in [0.05, 0.1) is 4.47 Å². The third-order valence-corrected chi connectivity index (χ3v) is 3.13. The highest BCUT2D eigenvalue weighted by molar-refractivity contribution is 9.10. The summed E-state index contributed by atoms with van der Waals surface area (Å²) in [6.07, 6.45) is 0.165. The molecule has 0 bridgehead atoms. The topological polar surface area (TPSA) is 17.1 Å². The van der Waals surface area contributed by atoms with Gasteiger partial charge < -0.3 is 0 Å². The Labute approximate surface area is 112 Å². The van der Waals surface area contributed by atoms with Crippen LogP contribution in [0.3, 0.4) is 0 Å². The lowest BCUT2D eigenvalue weighted by atomic mass is 10.0. The van der Waals surface area contributed by atoms with E-state index < -0.39 is 5.82 Å². The summed E-state index contributed by atoms with van der Waals surface area (Å²) in [5.74, 6) is -0.883. The zero-order chi connectivity index (χ0) is 13.1. The summed E-state index contributed by atoms with van der Waals surface area (Å²) < 4.78 is 26.0. The van der Waals surface area contributed by atoms with Crippen LogP contribution in [0.4, 0.5) is 8.78 Å². The summed E-state index contributed by atoms with van der Waals surface area (Å²) >= 11 is 3.03. The van der Waals surface area contributed by atoms with Crippen LogP contribution in [0.5, 0.6) is 0 Å². The summed E-state index contributed by atoms with van der Waals surface area (Å²) in [6, 6.07) is 9.86. The first-order valence-electron chi connectivity index (χ1n) is 5.29. The Kier molecular flexibility index (Phi) is 3.87. The fourth-order valence-corrected chi connectivity index (χ4v) is 1.94. The van der Waals surface area contributed by atoms with E-state index in [0.717, 1.165) is 5.56 Å². The second kappa shape index (κ2) is 5.40.